The van der Waals surface area contributed by atoms with Gasteiger partial charge in [-0.2, -0.15) is 0 Å². The molecule has 2 rings (SSSR count). The van der Waals surface area contributed by atoms with E-state index in [-0.39, 0.29) is 12.1 Å². The molecule has 2 N–H and O–H groups in total. The Hall–Kier alpha value is -0.120. The van der Waals surface area contributed by atoms with Crippen molar-refractivity contribution in [1.82, 2.24) is 5.32 Å². The van der Waals surface area contributed by atoms with Gasteiger partial charge in [0.15, 0.2) is 0 Å². The van der Waals surface area contributed by atoms with Crippen LogP contribution in [0.1, 0.15) is 25.7 Å². The summed E-state index contributed by atoms with van der Waals surface area (Å²) in [4.78, 5) is 0. The molecule has 0 saturated carbocycles. The minimum absolute atomic E-state index is 0.0262. The van der Waals surface area contributed by atoms with Crippen LogP contribution in [-0.2, 0) is 4.74 Å². The summed E-state index contributed by atoms with van der Waals surface area (Å²) < 4.78 is 5.35. The third kappa shape index (κ3) is 2.03. The van der Waals surface area contributed by atoms with E-state index >= 15 is 0 Å². The largest absolute Gasteiger partial charge is 0.394 e. The third-order valence-electron chi connectivity index (χ3n) is 3.34. The topological polar surface area (TPSA) is 41.5 Å². The van der Waals surface area contributed by atoms with Gasteiger partial charge >= 0.3 is 0 Å². The summed E-state index contributed by atoms with van der Waals surface area (Å²) in [6.07, 6.45) is 4.58. The van der Waals surface area contributed by atoms with Crippen molar-refractivity contribution in [2.24, 2.45) is 5.92 Å². The summed E-state index contributed by atoms with van der Waals surface area (Å²) in [5, 5.41) is 12.8. The van der Waals surface area contributed by atoms with Crippen LogP contribution in [-0.4, -0.2) is 37.0 Å². The molecule has 0 bridgehead atoms. The zero-order chi connectivity index (χ0) is 9.15. The van der Waals surface area contributed by atoms with Gasteiger partial charge in [0, 0.05) is 18.8 Å². The van der Waals surface area contributed by atoms with Crippen molar-refractivity contribution < 1.29 is 9.84 Å². The molecule has 2 saturated heterocycles. The lowest BCUT2D eigenvalue weighted by molar-refractivity contribution is 0.136. The maximum atomic E-state index is 9.37. The molecule has 76 valence electrons. The molecule has 0 amide bonds. The zero-order valence-electron chi connectivity index (χ0n) is 8.09. The molecule has 2 unspecified atom stereocenters. The molecule has 0 aromatic heterocycles. The molecule has 0 aliphatic carbocycles. The van der Waals surface area contributed by atoms with Gasteiger partial charge in [-0.05, 0) is 38.1 Å². The van der Waals surface area contributed by atoms with E-state index < -0.39 is 0 Å². The van der Waals surface area contributed by atoms with Crippen molar-refractivity contribution in [3.63, 3.8) is 0 Å². The lowest BCUT2D eigenvalue weighted by atomic mass is 9.86. The van der Waals surface area contributed by atoms with E-state index in [2.05, 4.69) is 5.32 Å². The van der Waals surface area contributed by atoms with Crippen molar-refractivity contribution in [2.45, 2.75) is 31.2 Å². The number of nitrogens with one attached hydrogen (secondary N) is 1. The number of aliphatic hydroxyl groups is 1. The van der Waals surface area contributed by atoms with E-state index in [0.29, 0.717) is 5.92 Å². The Labute approximate surface area is 79.5 Å². The smallest absolute Gasteiger partial charge is 0.0613 e. The minimum atomic E-state index is 0.0262. The number of ether oxygens (including phenoxy) is 1. The summed E-state index contributed by atoms with van der Waals surface area (Å²) >= 11 is 0. The quantitative estimate of drug-likeness (QED) is 0.674. The monoisotopic (exact) mass is 185 g/mol. The molecule has 2 aliphatic rings. The summed E-state index contributed by atoms with van der Waals surface area (Å²) in [7, 11) is 0. The first-order chi connectivity index (χ1) is 6.35. The standard InChI is InChI=1S/C10H19NO2/c12-8-10(3-1-4-11-10)6-9-2-5-13-7-9/h9,11-12H,1-8H2. The van der Waals surface area contributed by atoms with Gasteiger partial charge in [-0.3, -0.25) is 0 Å². The Morgan fingerprint density at radius 1 is 1.54 bits per heavy atom. The van der Waals surface area contributed by atoms with Crippen molar-refractivity contribution in [1.29, 1.82) is 0 Å². The van der Waals surface area contributed by atoms with E-state index in [1.807, 2.05) is 0 Å². The number of hydrogen-bond donors (Lipinski definition) is 2. The van der Waals surface area contributed by atoms with Crippen LogP contribution in [0.15, 0.2) is 0 Å². The van der Waals surface area contributed by atoms with Crippen LogP contribution in [0.3, 0.4) is 0 Å². The number of hydrogen-bond acceptors (Lipinski definition) is 3. The van der Waals surface area contributed by atoms with Gasteiger partial charge in [0.1, 0.15) is 0 Å². The van der Waals surface area contributed by atoms with E-state index in [0.717, 1.165) is 32.6 Å². The molecule has 2 atom stereocenters. The van der Waals surface area contributed by atoms with Crippen molar-refractivity contribution in [3.05, 3.63) is 0 Å². The van der Waals surface area contributed by atoms with Crippen molar-refractivity contribution in [2.75, 3.05) is 26.4 Å². The molecule has 2 fully saturated rings. The molecule has 0 spiro atoms. The molecule has 0 aromatic rings. The summed E-state index contributed by atoms with van der Waals surface area (Å²) in [6, 6.07) is 0. The van der Waals surface area contributed by atoms with Crippen LogP contribution < -0.4 is 5.32 Å². The maximum absolute atomic E-state index is 9.37. The van der Waals surface area contributed by atoms with Crippen LogP contribution in [0.4, 0.5) is 0 Å². The highest BCUT2D eigenvalue weighted by Gasteiger charge is 2.35. The first-order valence-corrected chi connectivity index (χ1v) is 5.28. The van der Waals surface area contributed by atoms with Crippen LogP contribution in [0.5, 0.6) is 0 Å². The molecular formula is C10H19NO2. The molecule has 13 heavy (non-hydrogen) atoms. The Bertz CT molecular complexity index is 160. The Balaban J connectivity index is 1.88. The van der Waals surface area contributed by atoms with Crippen LogP contribution >= 0.6 is 0 Å². The van der Waals surface area contributed by atoms with Gasteiger partial charge in [-0.25, -0.2) is 0 Å². The molecule has 3 nitrogen and oxygen atoms in total. The fraction of sp³-hybridized carbons (Fsp3) is 1.00. The lowest BCUT2D eigenvalue weighted by Crippen LogP contribution is -2.45. The Morgan fingerprint density at radius 3 is 3.00 bits per heavy atom. The zero-order valence-corrected chi connectivity index (χ0v) is 8.09. The summed E-state index contributed by atoms with van der Waals surface area (Å²) in [6.45, 7) is 3.15. The normalized spacial score (nSPS) is 39.9. The highest BCUT2D eigenvalue weighted by molar-refractivity contribution is 4.94. The second-order valence-corrected chi connectivity index (χ2v) is 4.40. The van der Waals surface area contributed by atoms with E-state index in [9.17, 15) is 5.11 Å². The highest BCUT2D eigenvalue weighted by Crippen LogP contribution is 2.30. The predicted molar refractivity (Wildman–Crippen MR) is 50.6 cm³/mol. The van der Waals surface area contributed by atoms with Crippen molar-refractivity contribution in [3.8, 4) is 0 Å². The number of rotatable bonds is 3. The van der Waals surface area contributed by atoms with E-state index in [4.69, 9.17) is 4.74 Å². The molecule has 0 radical (unpaired) electrons. The van der Waals surface area contributed by atoms with Gasteiger partial charge in [0.05, 0.1) is 6.61 Å². The molecule has 0 aromatic carbocycles. The fourth-order valence-corrected chi connectivity index (χ4v) is 2.54. The van der Waals surface area contributed by atoms with E-state index in [1.165, 1.54) is 12.8 Å². The first kappa shape index (κ1) is 9.44. The maximum Gasteiger partial charge on any atom is 0.0613 e. The number of aliphatic hydroxyl groups excluding tert-OH is 1. The minimum Gasteiger partial charge on any atom is -0.394 e. The van der Waals surface area contributed by atoms with Gasteiger partial charge in [0.25, 0.3) is 0 Å². The Kier molecular flexibility index (Phi) is 2.86. The van der Waals surface area contributed by atoms with Gasteiger partial charge in [-0.15, -0.1) is 0 Å². The third-order valence-corrected chi connectivity index (χ3v) is 3.34. The van der Waals surface area contributed by atoms with E-state index in [1.54, 1.807) is 0 Å². The van der Waals surface area contributed by atoms with Crippen molar-refractivity contribution >= 4 is 0 Å². The lowest BCUT2D eigenvalue weighted by Gasteiger charge is -2.29. The molecule has 2 heterocycles. The first-order valence-electron chi connectivity index (χ1n) is 5.28. The van der Waals surface area contributed by atoms with Gasteiger partial charge in [-0.1, -0.05) is 0 Å². The second-order valence-electron chi connectivity index (χ2n) is 4.40. The van der Waals surface area contributed by atoms with Crippen LogP contribution in [0.2, 0.25) is 0 Å². The second kappa shape index (κ2) is 3.95. The summed E-state index contributed by atoms with van der Waals surface area (Å²) in [5.41, 5.74) is 0.0262. The predicted octanol–water partition coefficient (Wildman–Crippen LogP) is 0.527. The molecular weight excluding hydrogens is 166 g/mol. The molecule has 3 heteroatoms. The van der Waals surface area contributed by atoms with Crippen LogP contribution in [0, 0.1) is 5.92 Å². The molecule has 2 aliphatic heterocycles. The SMILES string of the molecule is OCC1(CC2CCOC2)CCCN1. The van der Waals surface area contributed by atoms with Crippen LogP contribution in [0.25, 0.3) is 0 Å². The van der Waals surface area contributed by atoms with Gasteiger partial charge < -0.3 is 15.2 Å². The highest BCUT2D eigenvalue weighted by atomic mass is 16.5. The fourth-order valence-electron chi connectivity index (χ4n) is 2.54. The average Bonchev–Trinajstić information content (AvgIpc) is 2.77. The summed E-state index contributed by atoms with van der Waals surface area (Å²) in [5.74, 6) is 0.665. The average molecular weight is 185 g/mol. The van der Waals surface area contributed by atoms with Gasteiger partial charge in [0.2, 0.25) is 0 Å². The Morgan fingerprint density at radius 2 is 2.46 bits per heavy atom.